The number of carbonyl (C=O) groups is 1. The van der Waals surface area contributed by atoms with Crippen molar-refractivity contribution in [2.24, 2.45) is 5.92 Å². The van der Waals surface area contributed by atoms with E-state index in [0.717, 1.165) is 25.9 Å². The van der Waals surface area contributed by atoms with Crippen LogP contribution in [-0.4, -0.2) is 19.0 Å². The molecule has 1 saturated heterocycles. The van der Waals surface area contributed by atoms with Crippen LogP contribution in [0, 0.1) is 11.7 Å². The van der Waals surface area contributed by atoms with Crippen LogP contribution in [0.2, 0.25) is 10.0 Å². The van der Waals surface area contributed by atoms with E-state index < -0.39 is 11.9 Å². The van der Waals surface area contributed by atoms with E-state index in [1.54, 1.807) is 6.92 Å². The second kappa shape index (κ2) is 8.18. The lowest BCUT2D eigenvalue weighted by Gasteiger charge is -2.24. The van der Waals surface area contributed by atoms with Crippen LogP contribution in [0.3, 0.4) is 0 Å². The highest BCUT2D eigenvalue weighted by Gasteiger charge is 2.24. The summed E-state index contributed by atoms with van der Waals surface area (Å²) in [6.45, 7) is 3.44. The third kappa shape index (κ3) is 4.46. The molecule has 0 radical (unpaired) electrons. The summed E-state index contributed by atoms with van der Waals surface area (Å²) in [7, 11) is 0. The smallest absolute Gasteiger partial charge is 0.223 e. The van der Waals surface area contributed by atoms with Gasteiger partial charge in [0.15, 0.2) is 0 Å². The van der Waals surface area contributed by atoms with E-state index in [-0.39, 0.29) is 29.3 Å². The van der Waals surface area contributed by atoms with Crippen molar-refractivity contribution in [3.8, 4) is 0 Å². The van der Waals surface area contributed by atoms with Crippen LogP contribution in [-0.2, 0) is 4.79 Å². The lowest BCUT2D eigenvalue weighted by atomic mass is 9.96. The van der Waals surface area contributed by atoms with Crippen LogP contribution in [0.4, 0.5) is 4.39 Å². The van der Waals surface area contributed by atoms with Crippen molar-refractivity contribution in [2.45, 2.75) is 25.8 Å². The van der Waals surface area contributed by atoms with Gasteiger partial charge in [-0.3, -0.25) is 4.79 Å². The van der Waals surface area contributed by atoms with Crippen LogP contribution in [0.15, 0.2) is 12.1 Å². The molecule has 0 aromatic heterocycles. The second-order valence-electron chi connectivity index (χ2n) is 5.01. The van der Waals surface area contributed by atoms with E-state index in [1.807, 2.05) is 0 Å². The number of amides is 1. The highest BCUT2D eigenvalue weighted by atomic mass is 35.5. The maximum absolute atomic E-state index is 13.5. The summed E-state index contributed by atoms with van der Waals surface area (Å²) in [4.78, 5) is 12.2. The Morgan fingerprint density at radius 3 is 2.62 bits per heavy atom. The SMILES string of the molecule is CC(NC(=O)C1CCNCC1)c1c(Cl)ccc(F)c1Cl.Cl. The van der Waals surface area contributed by atoms with Crippen LogP contribution < -0.4 is 10.6 Å². The van der Waals surface area contributed by atoms with Gasteiger partial charge in [0.2, 0.25) is 5.91 Å². The highest BCUT2D eigenvalue weighted by Crippen LogP contribution is 2.32. The van der Waals surface area contributed by atoms with Gasteiger partial charge in [-0.2, -0.15) is 0 Å². The van der Waals surface area contributed by atoms with Crippen LogP contribution in [0.5, 0.6) is 0 Å². The first-order chi connectivity index (χ1) is 9.50. The van der Waals surface area contributed by atoms with Crippen molar-refractivity contribution in [3.63, 3.8) is 0 Å². The Balaban J connectivity index is 0.00000220. The number of rotatable bonds is 3. The molecule has 1 unspecified atom stereocenters. The van der Waals surface area contributed by atoms with E-state index in [2.05, 4.69) is 10.6 Å². The van der Waals surface area contributed by atoms with Crippen molar-refractivity contribution in [1.82, 2.24) is 10.6 Å². The maximum atomic E-state index is 13.5. The van der Waals surface area contributed by atoms with Crippen molar-refractivity contribution in [3.05, 3.63) is 33.6 Å². The Bertz CT molecular complexity index is 507. The molecule has 1 amide bonds. The average molecular weight is 356 g/mol. The molecule has 0 bridgehead atoms. The van der Waals surface area contributed by atoms with E-state index in [0.29, 0.717) is 10.6 Å². The summed E-state index contributed by atoms with van der Waals surface area (Å²) in [6, 6.07) is 2.24. The predicted molar refractivity (Wildman–Crippen MR) is 85.8 cm³/mol. The minimum absolute atomic E-state index is 0. The number of hydrogen-bond donors (Lipinski definition) is 2. The minimum Gasteiger partial charge on any atom is -0.349 e. The van der Waals surface area contributed by atoms with E-state index in [4.69, 9.17) is 23.2 Å². The monoisotopic (exact) mass is 354 g/mol. The standard InChI is InChI=1S/C14H17Cl2FN2O.ClH/c1-8(12-10(15)2-3-11(17)13(12)16)19-14(20)9-4-6-18-7-5-9;/h2-3,8-9,18H,4-7H2,1H3,(H,19,20);1H. The minimum atomic E-state index is -0.533. The molecule has 0 saturated carbocycles. The summed E-state index contributed by atoms with van der Waals surface area (Å²) < 4.78 is 13.5. The molecule has 118 valence electrons. The van der Waals surface area contributed by atoms with Crippen molar-refractivity contribution in [2.75, 3.05) is 13.1 Å². The summed E-state index contributed by atoms with van der Waals surface area (Å²) in [5.74, 6) is -0.575. The normalized spacial score (nSPS) is 17.0. The Morgan fingerprint density at radius 2 is 2.00 bits per heavy atom. The number of nitrogens with one attached hydrogen (secondary N) is 2. The van der Waals surface area contributed by atoms with Gasteiger partial charge in [0, 0.05) is 16.5 Å². The molecular weight excluding hydrogens is 338 g/mol. The van der Waals surface area contributed by atoms with Crippen LogP contribution in [0.1, 0.15) is 31.4 Å². The molecule has 1 aromatic carbocycles. The van der Waals surface area contributed by atoms with Gasteiger partial charge in [-0.15, -0.1) is 12.4 Å². The topological polar surface area (TPSA) is 41.1 Å². The van der Waals surface area contributed by atoms with Gasteiger partial charge in [-0.25, -0.2) is 4.39 Å². The van der Waals surface area contributed by atoms with Gasteiger partial charge < -0.3 is 10.6 Å². The highest BCUT2D eigenvalue weighted by molar-refractivity contribution is 6.36. The molecule has 1 aliphatic heterocycles. The number of carbonyl (C=O) groups excluding carboxylic acids is 1. The van der Waals surface area contributed by atoms with Gasteiger partial charge >= 0.3 is 0 Å². The van der Waals surface area contributed by atoms with Crippen LogP contribution in [0.25, 0.3) is 0 Å². The molecule has 3 nitrogen and oxygen atoms in total. The van der Waals surface area contributed by atoms with Crippen molar-refractivity contribution >= 4 is 41.5 Å². The first-order valence-corrected chi connectivity index (χ1v) is 7.40. The Morgan fingerprint density at radius 1 is 1.38 bits per heavy atom. The van der Waals surface area contributed by atoms with E-state index in [9.17, 15) is 9.18 Å². The first kappa shape index (κ1) is 18.5. The first-order valence-electron chi connectivity index (χ1n) is 6.65. The molecule has 1 atom stereocenters. The molecule has 1 heterocycles. The van der Waals surface area contributed by atoms with E-state index in [1.165, 1.54) is 12.1 Å². The van der Waals surface area contributed by atoms with Gasteiger partial charge in [0.05, 0.1) is 11.1 Å². The molecule has 1 aliphatic rings. The van der Waals surface area contributed by atoms with Gasteiger partial charge in [0.1, 0.15) is 5.82 Å². The number of hydrogen-bond acceptors (Lipinski definition) is 2. The second-order valence-corrected chi connectivity index (χ2v) is 5.80. The fraction of sp³-hybridized carbons (Fsp3) is 0.500. The molecule has 2 rings (SSSR count). The Kier molecular flexibility index (Phi) is 7.21. The lowest BCUT2D eigenvalue weighted by molar-refractivity contribution is -0.126. The molecule has 1 fully saturated rings. The third-order valence-electron chi connectivity index (χ3n) is 3.58. The molecule has 7 heteroatoms. The fourth-order valence-electron chi connectivity index (χ4n) is 2.43. The zero-order valence-corrected chi connectivity index (χ0v) is 13.9. The predicted octanol–water partition coefficient (Wildman–Crippen LogP) is 3.73. The van der Waals surface area contributed by atoms with Crippen molar-refractivity contribution < 1.29 is 9.18 Å². The lowest BCUT2D eigenvalue weighted by Crippen LogP contribution is -2.39. The Hall–Kier alpha value is -0.550. The average Bonchev–Trinajstić information content (AvgIpc) is 2.44. The Labute approximate surface area is 140 Å². The van der Waals surface area contributed by atoms with E-state index >= 15 is 0 Å². The van der Waals surface area contributed by atoms with Gasteiger partial charge in [0.25, 0.3) is 0 Å². The quantitative estimate of drug-likeness (QED) is 0.811. The fourth-order valence-corrected chi connectivity index (χ4v) is 3.13. The molecule has 1 aromatic rings. The third-order valence-corrected chi connectivity index (χ3v) is 4.29. The molecule has 0 spiro atoms. The molecule has 21 heavy (non-hydrogen) atoms. The summed E-state index contributed by atoms with van der Waals surface area (Å²) in [5, 5.41) is 6.41. The molecule has 2 N–H and O–H groups in total. The largest absolute Gasteiger partial charge is 0.349 e. The van der Waals surface area contributed by atoms with Gasteiger partial charge in [-0.1, -0.05) is 23.2 Å². The summed E-state index contributed by atoms with van der Waals surface area (Å²) >= 11 is 12.0. The van der Waals surface area contributed by atoms with Gasteiger partial charge in [-0.05, 0) is 45.0 Å². The molecule has 0 aliphatic carbocycles. The molecular formula is C14H18Cl3FN2O. The maximum Gasteiger partial charge on any atom is 0.223 e. The van der Waals surface area contributed by atoms with Crippen LogP contribution >= 0.6 is 35.6 Å². The number of benzene rings is 1. The summed E-state index contributed by atoms with van der Waals surface area (Å²) in [6.07, 6.45) is 1.62. The zero-order valence-electron chi connectivity index (χ0n) is 11.6. The van der Waals surface area contributed by atoms with Crippen molar-refractivity contribution in [1.29, 1.82) is 0 Å². The summed E-state index contributed by atoms with van der Waals surface area (Å²) in [5.41, 5.74) is 0.426. The zero-order chi connectivity index (χ0) is 14.7. The number of halogens is 4. The number of piperidine rings is 1.